The summed E-state index contributed by atoms with van der Waals surface area (Å²) in [6.45, 7) is 2.05. The number of hydrogen-bond donors (Lipinski definition) is 1. The molecule has 0 spiro atoms. The third-order valence-corrected chi connectivity index (χ3v) is 5.09. The SMILES string of the molecule is Cc1cccc(-c2cc(C(=O)Nc3ccccc3Br)c3ccccc3n2)c1. The van der Waals surface area contributed by atoms with Gasteiger partial charge < -0.3 is 5.32 Å². The number of nitrogens with one attached hydrogen (secondary N) is 1. The van der Waals surface area contributed by atoms with E-state index in [0.29, 0.717) is 5.56 Å². The van der Waals surface area contributed by atoms with Crippen molar-refractivity contribution in [3.8, 4) is 11.3 Å². The van der Waals surface area contributed by atoms with E-state index < -0.39 is 0 Å². The Morgan fingerprint density at radius 3 is 2.52 bits per heavy atom. The van der Waals surface area contributed by atoms with Gasteiger partial charge in [0.05, 0.1) is 22.5 Å². The van der Waals surface area contributed by atoms with Crippen LogP contribution in [0.1, 0.15) is 15.9 Å². The number of benzene rings is 3. The molecular weight excluding hydrogens is 400 g/mol. The second-order valence-corrected chi connectivity index (χ2v) is 7.23. The molecule has 0 unspecified atom stereocenters. The lowest BCUT2D eigenvalue weighted by molar-refractivity contribution is 0.102. The standard InChI is InChI=1S/C23H17BrN2O/c1-15-7-6-8-16(13-15)22-14-18(17-9-2-4-11-20(17)25-22)23(27)26-21-12-5-3-10-19(21)24/h2-14H,1H3,(H,26,27). The number of rotatable bonds is 3. The first-order valence-electron chi connectivity index (χ1n) is 8.64. The maximum atomic E-state index is 13.1. The van der Waals surface area contributed by atoms with Crippen LogP contribution in [0, 0.1) is 6.92 Å². The van der Waals surface area contributed by atoms with Crippen molar-refractivity contribution in [1.29, 1.82) is 0 Å². The van der Waals surface area contributed by atoms with Gasteiger partial charge >= 0.3 is 0 Å². The van der Waals surface area contributed by atoms with Crippen LogP contribution in [0.15, 0.2) is 83.3 Å². The highest BCUT2D eigenvalue weighted by atomic mass is 79.9. The van der Waals surface area contributed by atoms with E-state index in [-0.39, 0.29) is 5.91 Å². The lowest BCUT2D eigenvalue weighted by atomic mass is 10.0. The second-order valence-electron chi connectivity index (χ2n) is 6.38. The molecule has 0 saturated heterocycles. The number of amides is 1. The van der Waals surface area contributed by atoms with Gasteiger partial charge in [-0.25, -0.2) is 4.98 Å². The molecule has 0 aliphatic carbocycles. The van der Waals surface area contributed by atoms with Gasteiger partial charge in [-0.2, -0.15) is 0 Å². The smallest absolute Gasteiger partial charge is 0.256 e. The summed E-state index contributed by atoms with van der Waals surface area (Å²) in [6.07, 6.45) is 0. The zero-order valence-corrected chi connectivity index (χ0v) is 16.3. The molecule has 3 nitrogen and oxygen atoms in total. The van der Waals surface area contributed by atoms with Crippen LogP contribution in [0.3, 0.4) is 0 Å². The number of fused-ring (bicyclic) bond motifs is 1. The highest BCUT2D eigenvalue weighted by molar-refractivity contribution is 9.10. The predicted octanol–water partition coefficient (Wildman–Crippen LogP) is 6.23. The number of aryl methyl sites for hydroxylation is 1. The van der Waals surface area contributed by atoms with Gasteiger partial charge in [-0.15, -0.1) is 0 Å². The van der Waals surface area contributed by atoms with Gasteiger partial charge in [-0.3, -0.25) is 4.79 Å². The molecule has 0 saturated carbocycles. The number of nitrogens with zero attached hydrogens (tertiary/aromatic N) is 1. The largest absolute Gasteiger partial charge is 0.321 e. The van der Waals surface area contributed by atoms with E-state index in [1.165, 1.54) is 0 Å². The van der Waals surface area contributed by atoms with Crippen LogP contribution < -0.4 is 5.32 Å². The summed E-state index contributed by atoms with van der Waals surface area (Å²) in [6, 6.07) is 25.3. The molecular formula is C23H17BrN2O. The number of halogens is 1. The molecule has 4 heteroatoms. The van der Waals surface area contributed by atoms with Gasteiger partial charge in [0.15, 0.2) is 0 Å². The molecule has 4 aromatic rings. The Balaban J connectivity index is 1.83. The summed E-state index contributed by atoms with van der Waals surface area (Å²) in [5.74, 6) is -0.158. The van der Waals surface area contributed by atoms with Crippen LogP contribution >= 0.6 is 15.9 Å². The van der Waals surface area contributed by atoms with Crippen molar-refractivity contribution < 1.29 is 4.79 Å². The van der Waals surface area contributed by atoms with E-state index in [1.807, 2.05) is 79.7 Å². The molecule has 132 valence electrons. The molecule has 0 aliphatic rings. The Morgan fingerprint density at radius 1 is 0.926 bits per heavy atom. The summed E-state index contributed by atoms with van der Waals surface area (Å²) < 4.78 is 0.843. The quantitative estimate of drug-likeness (QED) is 0.430. The average molecular weight is 417 g/mol. The number of carbonyl (C=O) groups is 1. The molecule has 1 aromatic heterocycles. The molecule has 27 heavy (non-hydrogen) atoms. The van der Waals surface area contributed by atoms with Gasteiger partial charge in [-0.05, 0) is 53.2 Å². The predicted molar refractivity (Wildman–Crippen MR) is 114 cm³/mol. The van der Waals surface area contributed by atoms with E-state index >= 15 is 0 Å². The number of carbonyl (C=O) groups excluding carboxylic acids is 1. The summed E-state index contributed by atoms with van der Waals surface area (Å²) in [5.41, 5.74) is 5.08. The maximum Gasteiger partial charge on any atom is 0.256 e. The number of aromatic nitrogens is 1. The lowest BCUT2D eigenvalue weighted by Crippen LogP contribution is -2.13. The number of para-hydroxylation sites is 2. The lowest BCUT2D eigenvalue weighted by Gasteiger charge is -2.12. The van der Waals surface area contributed by atoms with E-state index in [0.717, 1.165) is 37.9 Å². The molecule has 1 amide bonds. The molecule has 4 rings (SSSR count). The van der Waals surface area contributed by atoms with Crippen molar-refractivity contribution in [2.24, 2.45) is 0 Å². The second kappa shape index (κ2) is 7.33. The van der Waals surface area contributed by atoms with Gasteiger partial charge in [0.1, 0.15) is 0 Å². The fourth-order valence-electron chi connectivity index (χ4n) is 3.07. The van der Waals surface area contributed by atoms with Crippen LogP contribution in [-0.2, 0) is 0 Å². The number of anilines is 1. The van der Waals surface area contributed by atoms with Crippen LogP contribution in [0.4, 0.5) is 5.69 Å². The zero-order valence-electron chi connectivity index (χ0n) is 14.7. The Labute approximate surface area is 166 Å². The molecule has 0 aliphatic heterocycles. The fraction of sp³-hybridized carbons (Fsp3) is 0.0435. The number of pyridine rings is 1. The molecule has 1 N–H and O–H groups in total. The molecule has 0 radical (unpaired) electrons. The third kappa shape index (κ3) is 3.62. The van der Waals surface area contributed by atoms with Crippen molar-refractivity contribution >= 4 is 38.4 Å². The fourth-order valence-corrected chi connectivity index (χ4v) is 3.45. The van der Waals surface area contributed by atoms with E-state index in [9.17, 15) is 4.79 Å². The van der Waals surface area contributed by atoms with Gasteiger partial charge in [0.25, 0.3) is 5.91 Å². The van der Waals surface area contributed by atoms with Gasteiger partial charge in [-0.1, -0.05) is 54.1 Å². The number of hydrogen-bond acceptors (Lipinski definition) is 2. The van der Waals surface area contributed by atoms with Crippen LogP contribution in [0.5, 0.6) is 0 Å². The summed E-state index contributed by atoms with van der Waals surface area (Å²) in [5, 5.41) is 3.83. The van der Waals surface area contributed by atoms with Crippen LogP contribution in [-0.4, -0.2) is 10.9 Å². The summed E-state index contributed by atoms with van der Waals surface area (Å²) in [4.78, 5) is 17.8. The maximum absolute atomic E-state index is 13.1. The molecule has 0 atom stereocenters. The Morgan fingerprint density at radius 2 is 1.70 bits per heavy atom. The Kier molecular flexibility index (Phi) is 4.73. The van der Waals surface area contributed by atoms with E-state index in [1.54, 1.807) is 0 Å². The normalized spacial score (nSPS) is 10.7. The van der Waals surface area contributed by atoms with Crippen molar-refractivity contribution in [2.45, 2.75) is 6.92 Å². The van der Waals surface area contributed by atoms with Gasteiger partial charge in [0.2, 0.25) is 0 Å². The minimum Gasteiger partial charge on any atom is -0.321 e. The average Bonchev–Trinajstić information content (AvgIpc) is 2.69. The van der Waals surface area contributed by atoms with Crippen LogP contribution in [0.25, 0.3) is 22.2 Å². The molecule has 0 bridgehead atoms. The van der Waals surface area contributed by atoms with E-state index in [4.69, 9.17) is 4.98 Å². The topological polar surface area (TPSA) is 42.0 Å². The Bertz CT molecular complexity index is 1150. The highest BCUT2D eigenvalue weighted by Gasteiger charge is 2.15. The van der Waals surface area contributed by atoms with E-state index in [2.05, 4.69) is 27.3 Å². The zero-order chi connectivity index (χ0) is 18.8. The first kappa shape index (κ1) is 17.4. The van der Waals surface area contributed by atoms with Crippen molar-refractivity contribution in [2.75, 3.05) is 5.32 Å². The Hall–Kier alpha value is -2.98. The minimum atomic E-state index is -0.158. The molecule has 0 fully saturated rings. The van der Waals surface area contributed by atoms with Gasteiger partial charge in [0, 0.05) is 15.4 Å². The van der Waals surface area contributed by atoms with Crippen molar-refractivity contribution in [1.82, 2.24) is 4.98 Å². The monoisotopic (exact) mass is 416 g/mol. The van der Waals surface area contributed by atoms with Crippen LogP contribution in [0.2, 0.25) is 0 Å². The van der Waals surface area contributed by atoms with Crippen molar-refractivity contribution in [3.05, 3.63) is 94.5 Å². The summed E-state index contributed by atoms with van der Waals surface area (Å²) in [7, 11) is 0. The molecule has 1 heterocycles. The summed E-state index contributed by atoms with van der Waals surface area (Å²) >= 11 is 3.48. The highest BCUT2D eigenvalue weighted by Crippen LogP contribution is 2.27. The van der Waals surface area contributed by atoms with Crippen molar-refractivity contribution in [3.63, 3.8) is 0 Å². The minimum absolute atomic E-state index is 0.158. The third-order valence-electron chi connectivity index (χ3n) is 4.40. The molecule has 3 aromatic carbocycles. The first-order valence-corrected chi connectivity index (χ1v) is 9.44. The first-order chi connectivity index (χ1) is 13.1.